The van der Waals surface area contributed by atoms with Crippen LogP contribution in [0.4, 0.5) is 4.79 Å². The van der Waals surface area contributed by atoms with E-state index in [9.17, 15) is 9.59 Å². The minimum Gasteiger partial charge on any atom is -0.444 e. The number of hydrogen-bond acceptors (Lipinski definition) is 5. The number of hydrogen-bond donors (Lipinski definition) is 0. The first kappa shape index (κ1) is 23.9. The summed E-state index contributed by atoms with van der Waals surface area (Å²) in [5.41, 5.74) is 2.96. The van der Waals surface area contributed by atoms with Crippen LogP contribution in [0.15, 0.2) is 30.3 Å². The lowest BCUT2D eigenvalue weighted by Gasteiger charge is -2.47. The predicted molar refractivity (Wildman–Crippen MR) is 131 cm³/mol. The summed E-state index contributed by atoms with van der Waals surface area (Å²) in [7, 11) is 1.87. The molecule has 2 aromatic rings. The first-order valence-electron chi connectivity index (χ1n) is 12.5. The zero-order chi connectivity index (χ0) is 25.0. The number of fused-ring (bicyclic) bond motifs is 3. The van der Waals surface area contributed by atoms with Crippen LogP contribution in [0.1, 0.15) is 67.8 Å². The molecule has 2 aliphatic heterocycles. The van der Waals surface area contributed by atoms with Crippen molar-refractivity contribution in [2.24, 2.45) is 5.41 Å². The maximum atomic E-state index is 13.5. The van der Waals surface area contributed by atoms with Crippen molar-refractivity contribution in [3.8, 4) is 0 Å². The second-order valence-corrected chi connectivity index (χ2v) is 11.6. The van der Waals surface area contributed by atoms with Crippen molar-refractivity contribution in [2.75, 3.05) is 13.6 Å². The van der Waals surface area contributed by atoms with E-state index in [0.29, 0.717) is 38.4 Å². The fourth-order valence-corrected chi connectivity index (χ4v) is 5.71. The van der Waals surface area contributed by atoms with Crippen LogP contribution in [0.3, 0.4) is 0 Å². The highest BCUT2D eigenvalue weighted by Gasteiger charge is 2.50. The van der Waals surface area contributed by atoms with Crippen molar-refractivity contribution in [1.82, 2.24) is 19.6 Å². The zero-order valence-corrected chi connectivity index (χ0v) is 21.4. The molecule has 1 atom stereocenters. The second kappa shape index (κ2) is 8.66. The molecular weight excluding hydrogens is 444 g/mol. The molecule has 5 rings (SSSR count). The van der Waals surface area contributed by atoms with E-state index in [1.807, 2.05) is 62.5 Å². The van der Waals surface area contributed by atoms with Gasteiger partial charge in [0, 0.05) is 43.6 Å². The summed E-state index contributed by atoms with van der Waals surface area (Å²) in [4.78, 5) is 29.9. The normalized spacial score (nSPS) is 26.1. The Hall–Kier alpha value is -2.87. The molecule has 8 heteroatoms. The average molecular weight is 481 g/mol. The highest BCUT2D eigenvalue weighted by atomic mass is 16.6. The molecule has 0 bridgehead atoms. The van der Waals surface area contributed by atoms with Gasteiger partial charge in [-0.15, -0.1) is 0 Å². The number of aromatic nitrogens is 2. The summed E-state index contributed by atoms with van der Waals surface area (Å²) in [6, 6.07) is 10.2. The van der Waals surface area contributed by atoms with Crippen molar-refractivity contribution in [3.05, 3.63) is 52.8 Å². The van der Waals surface area contributed by atoms with Gasteiger partial charge in [-0.1, -0.05) is 30.3 Å². The quantitative estimate of drug-likeness (QED) is 0.663. The van der Waals surface area contributed by atoms with Crippen molar-refractivity contribution < 1.29 is 19.1 Å². The number of amides is 2. The lowest BCUT2D eigenvalue weighted by Crippen LogP contribution is -2.50. The molecule has 0 radical (unpaired) electrons. The Bertz CT molecular complexity index is 1110. The first-order chi connectivity index (χ1) is 16.5. The minimum absolute atomic E-state index is 0.0250. The van der Waals surface area contributed by atoms with Crippen molar-refractivity contribution in [2.45, 2.75) is 84.4 Å². The number of carbonyl (C=O) groups excluding carboxylic acids is 2. The number of carbonyl (C=O) groups is 2. The average Bonchev–Trinajstić information content (AvgIpc) is 3.05. The Morgan fingerprint density at radius 2 is 1.89 bits per heavy atom. The van der Waals surface area contributed by atoms with Crippen molar-refractivity contribution >= 4 is 12.0 Å². The fourth-order valence-electron chi connectivity index (χ4n) is 5.71. The van der Waals surface area contributed by atoms with Gasteiger partial charge in [0.1, 0.15) is 11.3 Å². The number of ether oxygens (including phenoxy) is 2. The van der Waals surface area contributed by atoms with E-state index in [-0.39, 0.29) is 29.6 Å². The zero-order valence-electron chi connectivity index (χ0n) is 21.4. The molecule has 35 heavy (non-hydrogen) atoms. The molecule has 188 valence electrons. The lowest BCUT2D eigenvalue weighted by atomic mass is 9.66. The topological polar surface area (TPSA) is 76.9 Å². The van der Waals surface area contributed by atoms with Crippen LogP contribution in [0.2, 0.25) is 0 Å². The van der Waals surface area contributed by atoms with E-state index in [1.165, 1.54) is 5.56 Å². The van der Waals surface area contributed by atoms with Crippen LogP contribution >= 0.6 is 0 Å². The molecule has 1 aliphatic carbocycles. The maximum absolute atomic E-state index is 13.5. The molecular formula is C27H36N4O4. The minimum atomic E-state index is -0.571. The van der Waals surface area contributed by atoms with Crippen LogP contribution in [0, 0.1) is 5.41 Å². The Morgan fingerprint density at radius 3 is 2.57 bits per heavy atom. The number of nitrogens with zero attached hydrogens (tertiary/aromatic N) is 4. The Morgan fingerprint density at radius 1 is 1.17 bits per heavy atom. The van der Waals surface area contributed by atoms with E-state index >= 15 is 0 Å². The number of benzene rings is 1. The molecule has 0 N–H and O–H groups in total. The summed E-state index contributed by atoms with van der Waals surface area (Å²) < 4.78 is 13.7. The van der Waals surface area contributed by atoms with E-state index in [4.69, 9.17) is 14.6 Å². The predicted octanol–water partition coefficient (Wildman–Crippen LogP) is 4.02. The van der Waals surface area contributed by atoms with E-state index in [2.05, 4.69) is 12.1 Å². The monoisotopic (exact) mass is 480 g/mol. The Kier molecular flexibility index (Phi) is 5.90. The lowest BCUT2D eigenvalue weighted by molar-refractivity contribution is -0.101. The standard InChI is InChI=1S/C27H36N4O4/c1-18-11-22-21(14-30(18)25(33)35-26(2,3)4)23-24(32)29(5)16-27(17-31(23)28-22)12-20(13-27)34-15-19-9-7-6-8-10-19/h6-10,18,20H,11-17H2,1-5H3/t18-,20?,27?/m1/s1. The summed E-state index contributed by atoms with van der Waals surface area (Å²) >= 11 is 0. The van der Waals surface area contributed by atoms with Crippen LogP contribution in [-0.2, 0) is 35.6 Å². The molecule has 0 unspecified atom stereocenters. The van der Waals surface area contributed by atoms with Crippen molar-refractivity contribution in [3.63, 3.8) is 0 Å². The fraction of sp³-hybridized carbons (Fsp3) is 0.593. The molecule has 3 heterocycles. The van der Waals surface area contributed by atoms with Gasteiger partial charge in [-0.25, -0.2) is 4.79 Å². The molecule has 1 spiro atoms. The summed E-state index contributed by atoms with van der Waals surface area (Å²) in [5, 5.41) is 4.90. The summed E-state index contributed by atoms with van der Waals surface area (Å²) in [6.45, 7) is 9.93. The summed E-state index contributed by atoms with van der Waals surface area (Å²) in [6.07, 6.45) is 2.26. The van der Waals surface area contributed by atoms with Gasteiger partial charge in [-0.3, -0.25) is 9.48 Å². The van der Waals surface area contributed by atoms with E-state index in [1.54, 1.807) is 4.90 Å². The van der Waals surface area contributed by atoms with Crippen LogP contribution in [0.5, 0.6) is 0 Å². The molecule has 1 fully saturated rings. The largest absolute Gasteiger partial charge is 0.444 e. The molecule has 1 saturated carbocycles. The first-order valence-corrected chi connectivity index (χ1v) is 12.5. The highest BCUT2D eigenvalue weighted by Crippen LogP contribution is 2.47. The third-order valence-electron chi connectivity index (χ3n) is 7.37. The van der Waals surface area contributed by atoms with Crippen molar-refractivity contribution in [1.29, 1.82) is 0 Å². The smallest absolute Gasteiger partial charge is 0.410 e. The molecule has 0 saturated heterocycles. The van der Waals surface area contributed by atoms with Gasteiger partial charge in [0.25, 0.3) is 5.91 Å². The summed E-state index contributed by atoms with van der Waals surface area (Å²) in [5.74, 6) is -0.0250. The second-order valence-electron chi connectivity index (χ2n) is 11.6. The number of rotatable bonds is 3. The Labute approximate surface area is 207 Å². The SMILES string of the molecule is C[C@@H]1Cc2nn3c(c2CN1C(=O)OC(C)(C)C)C(=O)N(C)CC1(CC(OCc2ccccc2)C1)C3. The van der Waals surface area contributed by atoms with E-state index < -0.39 is 5.60 Å². The molecule has 1 aromatic carbocycles. The molecule has 2 amide bonds. The van der Waals surface area contributed by atoms with Crippen LogP contribution in [0.25, 0.3) is 0 Å². The van der Waals surface area contributed by atoms with Gasteiger partial charge in [0.05, 0.1) is 24.9 Å². The van der Waals surface area contributed by atoms with Gasteiger partial charge < -0.3 is 19.3 Å². The maximum Gasteiger partial charge on any atom is 0.410 e. The third-order valence-corrected chi connectivity index (χ3v) is 7.37. The van der Waals surface area contributed by atoms with Crippen LogP contribution < -0.4 is 0 Å². The molecule has 3 aliphatic rings. The van der Waals surface area contributed by atoms with Gasteiger partial charge in [-0.2, -0.15) is 5.10 Å². The van der Waals surface area contributed by atoms with Gasteiger partial charge in [-0.05, 0) is 46.1 Å². The van der Waals surface area contributed by atoms with Gasteiger partial charge in [0.15, 0.2) is 0 Å². The van der Waals surface area contributed by atoms with Gasteiger partial charge in [0.2, 0.25) is 0 Å². The highest BCUT2D eigenvalue weighted by molar-refractivity contribution is 5.94. The third kappa shape index (κ3) is 4.68. The Balaban J connectivity index is 1.33. The molecule has 8 nitrogen and oxygen atoms in total. The molecule has 1 aromatic heterocycles. The van der Waals surface area contributed by atoms with E-state index in [0.717, 1.165) is 24.1 Å². The van der Waals surface area contributed by atoms with Gasteiger partial charge >= 0.3 is 6.09 Å². The van der Waals surface area contributed by atoms with Crippen LogP contribution in [-0.4, -0.2) is 62.9 Å².